The summed E-state index contributed by atoms with van der Waals surface area (Å²) in [7, 11) is 0. The Balaban J connectivity index is 2.01. The number of benzene rings is 1. The SMILES string of the molecule is c1ccc2c(N=Nc3cc[nH]n3)n[nH]c2c1. The second kappa shape index (κ2) is 3.58. The second-order valence-electron chi connectivity index (χ2n) is 3.23. The highest BCUT2D eigenvalue weighted by Gasteiger charge is 2.02. The molecule has 0 spiro atoms. The Morgan fingerprint density at radius 3 is 2.81 bits per heavy atom. The summed E-state index contributed by atoms with van der Waals surface area (Å²) in [5.41, 5.74) is 0.943. The summed E-state index contributed by atoms with van der Waals surface area (Å²) in [6, 6.07) is 9.49. The zero-order valence-corrected chi connectivity index (χ0v) is 8.25. The van der Waals surface area contributed by atoms with Gasteiger partial charge in [-0.15, -0.1) is 10.2 Å². The zero-order chi connectivity index (χ0) is 10.8. The third-order valence-corrected chi connectivity index (χ3v) is 2.18. The Hall–Kier alpha value is -2.50. The topological polar surface area (TPSA) is 82.1 Å². The molecule has 0 radical (unpaired) electrons. The summed E-state index contributed by atoms with van der Waals surface area (Å²) in [6.45, 7) is 0. The fraction of sp³-hybridized carbons (Fsp3) is 0. The van der Waals surface area contributed by atoms with E-state index in [0.717, 1.165) is 10.9 Å². The molecule has 0 saturated heterocycles. The second-order valence-corrected chi connectivity index (χ2v) is 3.23. The Labute approximate surface area is 90.4 Å². The fourth-order valence-corrected chi connectivity index (χ4v) is 1.43. The van der Waals surface area contributed by atoms with E-state index in [1.54, 1.807) is 12.3 Å². The highest BCUT2D eigenvalue weighted by atomic mass is 15.3. The van der Waals surface area contributed by atoms with Gasteiger partial charge in [-0.05, 0) is 12.1 Å². The van der Waals surface area contributed by atoms with E-state index < -0.39 is 0 Å². The number of aromatic nitrogens is 4. The van der Waals surface area contributed by atoms with Gasteiger partial charge in [-0.25, -0.2) is 0 Å². The van der Waals surface area contributed by atoms with Crippen molar-refractivity contribution in [1.82, 2.24) is 20.4 Å². The van der Waals surface area contributed by atoms with Crippen molar-refractivity contribution in [3.63, 3.8) is 0 Å². The first kappa shape index (κ1) is 8.78. The molecule has 0 saturated carbocycles. The molecular formula is C10H8N6. The van der Waals surface area contributed by atoms with Crippen LogP contribution in [-0.2, 0) is 0 Å². The summed E-state index contributed by atoms with van der Waals surface area (Å²) in [6.07, 6.45) is 1.69. The third-order valence-electron chi connectivity index (χ3n) is 2.18. The van der Waals surface area contributed by atoms with E-state index in [-0.39, 0.29) is 0 Å². The van der Waals surface area contributed by atoms with Gasteiger partial charge in [-0.2, -0.15) is 10.2 Å². The zero-order valence-electron chi connectivity index (χ0n) is 8.25. The van der Waals surface area contributed by atoms with Gasteiger partial charge in [-0.1, -0.05) is 12.1 Å². The molecule has 6 nitrogen and oxygen atoms in total. The molecule has 2 heterocycles. The molecule has 3 rings (SSSR count). The number of para-hydroxylation sites is 1. The average Bonchev–Trinajstić information content (AvgIpc) is 2.96. The quantitative estimate of drug-likeness (QED) is 0.640. The highest BCUT2D eigenvalue weighted by Crippen LogP contribution is 2.23. The van der Waals surface area contributed by atoms with Crippen molar-refractivity contribution in [3.05, 3.63) is 36.5 Å². The number of H-pyrrole nitrogens is 2. The Morgan fingerprint density at radius 1 is 1.00 bits per heavy atom. The van der Waals surface area contributed by atoms with E-state index in [0.29, 0.717) is 11.6 Å². The lowest BCUT2D eigenvalue weighted by atomic mass is 10.2. The van der Waals surface area contributed by atoms with Crippen LogP contribution in [0.5, 0.6) is 0 Å². The largest absolute Gasteiger partial charge is 0.283 e. The van der Waals surface area contributed by atoms with Gasteiger partial charge in [0.1, 0.15) is 0 Å². The first-order chi connectivity index (χ1) is 7.93. The van der Waals surface area contributed by atoms with Gasteiger partial charge in [0, 0.05) is 17.6 Å². The molecule has 0 unspecified atom stereocenters. The van der Waals surface area contributed by atoms with E-state index in [4.69, 9.17) is 0 Å². The first-order valence-electron chi connectivity index (χ1n) is 4.78. The lowest BCUT2D eigenvalue weighted by molar-refractivity contribution is 1.03. The minimum absolute atomic E-state index is 0.534. The molecule has 1 aromatic carbocycles. The van der Waals surface area contributed by atoms with Crippen LogP contribution in [0.3, 0.4) is 0 Å². The summed E-state index contributed by atoms with van der Waals surface area (Å²) in [5.74, 6) is 1.10. The van der Waals surface area contributed by atoms with Crippen molar-refractivity contribution in [2.45, 2.75) is 0 Å². The monoisotopic (exact) mass is 212 g/mol. The summed E-state index contributed by atoms with van der Waals surface area (Å²) in [5, 5.41) is 22.4. The van der Waals surface area contributed by atoms with Crippen molar-refractivity contribution in [1.29, 1.82) is 0 Å². The normalized spacial score (nSPS) is 11.5. The minimum Gasteiger partial charge on any atom is -0.283 e. The molecule has 0 bridgehead atoms. The number of hydrogen-bond donors (Lipinski definition) is 2. The van der Waals surface area contributed by atoms with Crippen LogP contribution in [0, 0.1) is 0 Å². The molecule has 0 aliphatic rings. The van der Waals surface area contributed by atoms with Crippen LogP contribution in [0.15, 0.2) is 46.8 Å². The van der Waals surface area contributed by atoms with Crippen LogP contribution in [0.2, 0.25) is 0 Å². The summed E-state index contributed by atoms with van der Waals surface area (Å²) >= 11 is 0. The first-order valence-corrected chi connectivity index (χ1v) is 4.78. The van der Waals surface area contributed by atoms with Gasteiger partial charge < -0.3 is 0 Å². The van der Waals surface area contributed by atoms with E-state index >= 15 is 0 Å². The van der Waals surface area contributed by atoms with Crippen molar-refractivity contribution < 1.29 is 0 Å². The minimum atomic E-state index is 0.534. The molecule has 6 heteroatoms. The molecule has 2 N–H and O–H groups in total. The van der Waals surface area contributed by atoms with Crippen molar-refractivity contribution in [2.75, 3.05) is 0 Å². The lowest BCUT2D eigenvalue weighted by Gasteiger charge is -1.86. The third kappa shape index (κ3) is 1.46. The lowest BCUT2D eigenvalue weighted by Crippen LogP contribution is -1.65. The van der Waals surface area contributed by atoms with Gasteiger partial charge in [0.25, 0.3) is 0 Å². The van der Waals surface area contributed by atoms with E-state index in [9.17, 15) is 0 Å². The molecule has 0 aliphatic heterocycles. The summed E-state index contributed by atoms with van der Waals surface area (Å²) in [4.78, 5) is 0. The van der Waals surface area contributed by atoms with Crippen LogP contribution in [0.4, 0.5) is 11.6 Å². The van der Waals surface area contributed by atoms with Gasteiger partial charge in [-0.3, -0.25) is 10.2 Å². The number of hydrogen-bond acceptors (Lipinski definition) is 4. The molecular weight excluding hydrogens is 204 g/mol. The molecule has 3 aromatic rings. The maximum Gasteiger partial charge on any atom is 0.203 e. The van der Waals surface area contributed by atoms with E-state index in [1.165, 1.54) is 0 Å². The van der Waals surface area contributed by atoms with Crippen LogP contribution in [0.25, 0.3) is 10.9 Å². The number of rotatable bonds is 2. The smallest absolute Gasteiger partial charge is 0.203 e. The van der Waals surface area contributed by atoms with E-state index in [2.05, 4.69) is 30.6 Å². The number of nitrogens with zero attached hydrogens (tertiary/aromatic N) is 4. The van der Waals surface area contributed by atoms with Crippen LogP contribution in [-0.4, -0.2) is 20.4 Å². The maximum atomic E-state index is 4.07. The highest BCUT2D eigenvalue weighted by molar-refractivity contribution is 5.87. The van der Waals surface area contributed by atoms with E-state index in [1.807, 2.05) is 24.3 Å². The number of nitrogens with one attached hydrogen (secondary N) is 2. The maximum absolute atomic E-state index is 4.07. The average molecular weight is 212 g/mol. The summed E-state index contributed by atoms with van der Waals surface area (Å²) < 4.78 is 0. The Morgan fingerprint density at radius 2 is 1.94 bits per heavy atom. The Kier molecular flexibility index (Phi) is 1.96. The van der Waals surface area contributed by atoms with Gasteiger partial charge in [0.2, 0.25) is 5.82 Å². The number of fused-ring (bicyclic) bond motifs is 1. The van der Waals surface area contributed by atoms with Crippen LogP contribution < -0.4 is 0 Å². The molecule has 0 atom stereocenters. The van der Waals surface area contributed by atoms with Crippen molar-refractivity contribution >= 4 is 22.5 Å². The molecule has 0 aliphatic carbocycles. The van der Waals surface area contributed by atoms with Gasteiger partial charge in [0.05, 0.1) is 5.52 Å². The van der Waals surface area contributed by atoms with Crippen molar-refractivity contribution in [2.24, 2.45) is 10.2 Å². The predicted octanol–water partition coefficient (Wildman–Crippen LogP) is 2.70. The van der Waals surface area contributed by atoms with Gasteiger partial charge in [0.15, 0.2) is 5.82 Å². The number of azo groups is 1. The van der Waals surface area contributed by atoms with Crippen LogP contribution >= 0.6 is 0 Å². The number of aromatic amines is 2. The molecule has 2 aromatic heterocycles. The molecule has 0 fully saturated rings. The molecule has 0 amide bonds. The molecule has 78 valence electrons. The fourth-order valence-electron chi connectivity index (χ4n) is 1.43. The molecule has 16 heavy (non-hydrogen) atoms. The predicted molar refractivity (Wildman–Crippen MR) is 58.9 cm³/mol. The van der Waals surface area contributed by atoms with Crippen LogP contribution in [0.1, 0.15) is 0 Å². The standard InChI is InChI=1S/C10H8N6/c1-2-4-8-7(3-1)10(15-12-8)16-14-9-5-6-11-13-9/h1-6H,(H,11,13)(H,12,15). The van der Waals surface area contributed by atoms with Crippen molar-refractivity contribution in [3.8, 4) is 0 Å². The Bertz CT molecular complexity index is 622. The van der Waals surface area contributed by atoms with Gasteiger partial charge >= 0.3 is 0 Å².